The van der Waals surface area contributed by atoms with Crippen LogP contribution in [0.25, 0.3) is 0 Å². The second-order valence-electron chi connectivity index (χ2n) is 6.30. The predicted octanol–water partition coefficient (Wildman–Crippen LogP) is 3.76. The van der Waals surface area contributed by atoms with Crippen LogP contribution in [0, 0.1) is 5.92 Å². The number of hydrogen-bond acceptors (Lipinski definition) is 4. The Bertz CT molecular complexity index is 699. The van der Waals surface area contributed by atoms with Crippen molar-refractivity contribution in [1.29, 1.82) is 0 Å². The first-order valence-electron chi connectivity index (χ1n) is 8.15. The summed E-state index contributed by atoms with van der Waals surface area (Å²) >= 11 is 3.49. The van der Waals surface area contributed by atoms with E-state index in [1.165, 1.54) is 5.56 Å². The molecule has 0 aromatic heterocycles. The summed E-state index contributed by atoms with van der Waals surface area (Å²) in [5, 5.41) is 10.2. The van der Waals surface area contributed by atoms with Gasteiger partial charge in [0.25, 0.3) is 0 Å². The summed E-state index contributed by atoms with van der Waals surface area (Å²) in [7, 11) is 1.55. The molecule has 0 amide bonds. The van der Waals surface area contributed by atoms with Crippen molar-refractivity contribution in [2.24, 2.45) is 11.7 Å². The number of benzene rings is 2. The Hall–Kier alpha value is -1.27. The van der Waals surface area contributed by atoms with Crippen molar-refractivity contribution in [2.45, 2.75) is 12.5 Å². The first-order valence-corrected chi connectivity index (χ1v) is 8.95. The monoisotopic (exact) mass is 426 g/mol. The third-order valence-electron chi connectivity index (χ3n) is 4.82. The fraction of sp³-hybridized carbons (Fsp3) is 0.368. The van der Waals surface area contributed by atoms with Crippen LogP contribution in [0.3, 0.4) is 0 Å². The van der Waals surface area contributed by atoms with Gasteiger partial charge in [-0.25, -0.2) is 0 Å². The second kappa shape index (κ2) is 8.90. The molecule has 3 N–H and O–H groups in total. The zero-order valence-electron chi connectivity index (χ0n) is 14.2. The lowest BCUT2D eigenvalue weighted by molar-refractivity contribution is 0.314. The third-order valence-corrected chi connectivity index (χ3v) is 5.70. The van der Waals surface area contributed by atoms with Gasteiger partial charge >= 0.3 is 0 Å². The molecule has 2 aromatic rings. The van der Waals surface area contributed by atoms with Crippen LogP contribution in [0.1, 0.15) is 17.0 Å². The lowest BCUT2D eigenvalue weighted by atomic mass is 9.89. The van der Waals surface area contributed by atoms with E-state index in [0.717, 1.165) is 25.2 Å². The Morgan fingerprint density at radius 1 is 1.20 bits per heavy atom. The van der Waals surface area contributed by atoms with Crippen LogP contribution in [0.5, 0.6) is 11.5 Å². The maximum Gasteiger partial charge on any atom is 0.172 e. The molecule has 1 aliphatic rings. The Balaban J connectivity index is 0.00000225. The Morgan fingerprint density at radius 2 is 1.92 bits per heavy atom. The molecule has 2 atom stereocenters. The number of phenols is 1. The maximum absolute atomic E-state index is 10.2. The molecular weight excluding hydrogens is 404 g/mol. The SMILES string of the molecule is COc1ccc(CN2C[C@@H](CN)[C@H](c3ccccc3)C2)c(Br)c1O.Cl. The van der Waals surface area contributed by atoms with E-state index in [1.54, 1.807) is 13.2 Å². The van der Waals surface area contributed by atoms with E-state index >= 15 is 0 Å². The van der Waals surface area contributed by atoms with E-state index in [1.807, 2.05) is 12.1 Å². The average molecular weight is 428 g/mol. The summed E-state index contributed by atoms with van der Waals surface area (Å²) in [6.07, 6.45) is 0. The number of nitrogens with zero attached hydrogens (tertiary/aromatic N) is 1. The number of hydrogen-bond donors (Lipinski definition) is 2. The van der Waals surface area contributed by atoms with Crippen LogP contribution in [0.4, 0.5) is 0 Å². The molecule has 0 bridgehead atoms. The van der Waals surface area contributed by atoms with Gasteiger partial charge in [-0.3, -0.25) is 4.90 Å². The number of aromatic hydroxyl groups is 1. The molecule has 25 heavy (non-hydrogen) atoms. The van der Waals surface area contributed by atoms with Crippen LogP contribution < -0.4 is 10.5 Å². The van der Waals surface area contributed by atoms with E-state index in [0.29, 0.717) is 28.6 Å². The molecule has 0 saturated carbocycles. The third kappa shape index (κ3) is 4.29. The number of rotatable bonds is 5. The van der Waals surface area contributed by atoms with Gasteiger partial charge in [0, 0.05) is 25.6 Å². The summed E-state index contributed by atoms with van der Waals surface area (Å²) in [4.78, 5) is 2.40. The predicted molar refractivity (Wildman–Crippen MR) is 107 cm³/mol. The van der Waals surface area contributed by atoms with Gasteiger partial charge in [-0.2, -0.15) is 0 Å². The highest BCUT2D eigenvalue weighted by Gasteiger charge is 2.33. The minimum absolute atomic E-state index is 0. The minimum atomic E-state index is 0. The molecule has 3 rings (SSSR count). The van der Waals surface area contributed by atoms with E-state index in [2.05, 4.69) is 45.1 Å². The van der Waals surface area contributed by atoms with Crippen LogP contribution in [0.2, 0.25) is 0 Å². The molecule has 1 aliphatic heterocycles. The van der Waals surface area contributed by atoms with Gasteiger partial charge in [0.05, 0.1) is 11.6 Å². The molecule has 1 saturated heterocycles. The molecule has 0 aliphatic carbocycles. The Morgan fingerprint density at radius 3 is 2.56 bits per heavy atom. The zero-order valence-corrected chi connectivity index (χ0v) is 16.6. The molecule has 4 nitrogen and oxygen atoms in total. The first-order chi connectivity index (χ1) is 11.6. The number of nitrogens with two attached hydrogens (primary N) is 1. The van der Waals surface area contributed by atoms with E-state index in [9.17, 15) is 5.11 Å². The van der Waals surface area contributed by atoms with Gasteiger partial charge in [0.15, 0.2) is 11.5 Å². The van der Waals surface area contributed by atoms with Crippen LogP contribution in [-0.2, 0) is 6.54 Å². The molecule has 1 heterocycles. The van der Waals surface area contributed by atoms with Crippen molar-refractivity contribution in [3.63, 3.8) is 0 Å². The van der Waals surface area contributed by atoms with Gasteiger partial charge < -0.3 is 15.6 Å². The highest BCUT2D eigenvalue weighted by molar-refractivity contribution is 9.10. The molecule has 0 radical (unpaired) electrons. The van der Waals surface area contributed by atoms with Crippen LogP contribution >= 0.6 is 28.3 Å². The van der Waals surface area contributed by atoms with Crippen molar-refractivity contribution >= 4 is 28.3 Å². The van der Waals surface area contributed by atoms with Crippen LogP contribution in [0.15, 0.2) is 46.9 Å². The smallest absolute Gasteiger partial charge is 0.172 e. The Labute approximate surface area is 163 Å². The molecule has 1 fully saturated rings. The Kier molecular flexibility index (Phi) is 7.14. The summed E-state index contributed by atoms with van der Waals surface area (Å²) in [5.74, 6) is 1.55. The number of likely N-dealkylation sites (tertiary alicyclic amines) is 1. The average Bonchev–Trinajstić information content (AvgIpc) is 3.03. The number of ether oxygens (including phenoxy) is 1. The molecule has 6 heteroatoms. The number of phenolic OH excluding ortho intramolecular Hbond substituents is 1. The quantitative estimate of drug-likeness (QED) is 0.763. The lowest BCUT2D eigenvalue weighted by Crippen LogP contribution is -2.23. The topological polar surface area (TPSA) is 58.7 Å². The zero-order chi connectivity index (χ0) is 17.1. The van der Waals surface area contributed by atoms with Gasteiger partial charge in [-0.1, -0.05) is 36.4 Å². The largest absolute Gasteiger partial charge is 0.503 e. The number of methoxy groups -OCH3 is 1. The van der Waals surface area contributed by atoms with Crippen molar-refractivity contribution < 1.29 is 9.84 Å². The van der Waals surface area contributed by atoms with Gasteiger partial charge in [-0.15, -0.1) is 12.4 Å². The molecule has 0 spiro atoms. The molecule has 2 aromatic carbocycles. The van der Waals surface area contributed by atoms with Crippen molar-refractivity contribution in [1.82, 2.24) is 4.90 Å². The van der Waals surface area contributed by atoms with Gasteiger partial charge in [-0.05, 0) is 45.6 Å². The van der Waals surface area contributed by atoms with Gasteiger partial charge in [0.2, 0.25) is 0 Å². The summed E-state index contributed by atoms with van der Waals surface area (Å²) < 4.78 is 5.85. The lowest BCUT2D eigenvalue weighted by Gasteiger charge is -2.18. The molecular formula is C19H24BrClN2O2. The standard InChI is InChI=1S/C19H23BrN2O2.ClH/c1-24-17-8-7-14(18(20)19(17)23)10-22-11-15(9-21)16(12-22)13-5-3-2-4-6-13;/h2-8,15-16,23H,9-12,21H2,1H3;1H/t15-,16+;/m1./s1. The highest BCUT2D eigenvalue weighted by Crippen LogP contribution is 2.38. The van der Waals surface area contributed by atoms with Gasteiger partial charge in [0.1, 0.15) is 0 Å². The summed E-state index contributed by atoms with van der Waals surface area (Å²) in [6.45, 7) is 3.41. The van der Waals surface area contributed by atoms with Crippen molar-refractivity contribution in [2.75, 3.05) is 26.7 Å². The molecule has 136 valence electrons. The second-order valence-corrected chi connectivity index (χ2v) is 7.09. The minimum Gasteiger partial charge on any atom is -0.503 e. The highest BCUT2D eigenvalue weighted by atomic mass is 79.9. The van der Waals surface area contributed by atoms with E-state index in [4.69, 9.17) is 10.5 Å². The normalized spacial score (nSPS) is 20.3. The number of halogens is 2. The van der Waals surface area contributed by atoms with Crippen molar-refractivity contribution in [3.05, 3.63) is 58.1 Å². The summed E-state index contributed by atoms with van der Waals surface area (Å²) in [6, 6.07) is 14.4. The first kappa shape index (κ1) is 20.0. The fourth-order valence-electron chi connectivity index (χ4n) is 3.52. The van der Waals surface area contributed by atoms with Crippen molar-refractivity contribution in [3.8, 4) is 11.5 Å². The van der Waals surface area contributed by atoms with Crippen LogP contribution in [-0.4, -0.2) is 36.8 Å². The van der Waals surface area contributed by atoms with E-state index in [-0.39, 0.29) is 18.2 Å². The maximum atomic E-state index is 10.2. The molecule has 0 unspecified atom stereocenters. The summed E-state index contributed by atoms with van der Waals surface area (Å²) in [5.41, 5.74) is 8.42. The van der Waals surface area contributed by atoms with E-state index < -0.39 is 0 Å². The fourth-order valence-corrected chi connectivity index (χ4v) is 3.98.